The molecule has 0 aliphatic heterocycles. The van der Waals surface area contributed by atoms with Crippen LogP contribution >= 0.6 is 11.8 Å². The predicted molar refractivity (Wildman–Crippen MR) is 114 cm³/mol. The van der Waals surface area contributed by atoms with Crippen molar-refractivity contribution in [1.82, 2.24) is 19.7 Å². The van der Waals surface area contributed by atoms with Gasteiger partial charge in [0.1, 0.15) is 12.3 Å². The summed E-state index contributed by atoms with van der Waals surface area (Å²) in [5.74, 6) is 1.08. The van der Waals surface area contributed by atoms with Crippen molar-refractivity contribution in [3.63, 3.8) is 0 Å². The number of methoxy groups -OCH3 is 2. The number of hydrogen-bond donors (Lipinski definition) is 0. The van der Waals surface area contributed by atoms with Crippen molar-refractivity contribution < 1.29 is 18.8 Å². The Morgan fingerprint density at radius 1 is 1.10 bits per heavy atom. The molecule has 0 fully saturated rings. The average molecular weight is 438 g/mol. The third-order valence-corrected chi connectivity index (χ3v) is 5.44. The Morgan fingerprint density at radius 2 is 1.87 bits per heavy atom. The molecule has 4 aromatic rings. The highest BCUT2D eigenvalue weighted by Crippen LogP contribution is 2.28. The summed E-state index contributed by atoms with van der Waals surface area (Å²) in [6.07, 6.45) is 0. The number of aromatic nitrogens is 4. The van der Waals surface area contributed by atoms with Gasteiger partial charge in [0.15, 0.2) is 5.16 Å². The molecule has 0 N–H and O–H groups in total. The zero-order valence-electron chi connectivity index (χ0n) is 16.8. The molecule has 158 valence electrons. The zero-order chi connectivity index (χ0) is 21.8. The monoisotopic (exact) mass is 438 g/mol. The maximum absolute atomic E-state index is 12.9. The van der Waals surface area contributed by atoms with Crippen LogP contribution in [0, 0.1) is 0 Å². The van der Waals surface area contributed by atoms with Crippen molar-refractivity contribution in [2.24, 2.45) is 0 Å². The summed E-state index contributed by atoms with van der Waals surface area (Å²) < 4.78 is 16.7. The fourth-order valence-electron chi connectivity index (χ4n) is 2.97. The van der Waals surface area contributed by atoms with E-state index in [9.17, 15) is 9.59 Å². The van der Waals surface area contributed by atoms with Gasteiger partial charge in [0.2, 0.25) is 11.7 Å². The number of benzene rings is 2. The number of rotatable bonds is 7. The van der Waals surface area contributed by atoms with Crippen LogP contribution in [0.1, 0.15) is 5.89 Å². The summed E-state index contributed by atoms with van der Waals surface area (Å²) >= 11 is 1.22. The molecule has 2 heterocycles. The number of carbonyl (C=O) groups excluding carboxylic acids is 1. The summed E-state index contributed by atoms with van der Waals surface area (Å²) in [5, 5.41) is 4.79. The second kappa shape index (κ2) is 9.00. The SMILES string of the molecule is COC(=O)Cn1c(SCc2nc(-c3ccccc3OC)no2)nc2ccccc2c1=O. The number of ether oxygens (including phenoxy) is 2. The number of thioether (sulfide) groups is 1. The minimum atomic E-state index is -0.544. The summed E-state index contributed by atoms with van der Waals surface area (Å²) in [5.41, 5.74) is 0.923. The lowest BCUT2D eigenvalue weighted by molar-refractivity contribution is -0.141. The molecule has 0 unspecified atom stereocenters. The van der Waals surface area contributed by atoms with Crippen LogP contribution in [0.3, 0.4) is 0 Å². The summed E-state index contributed by atoms with van der Waals surface area (Å²) in [6.45, 7) is -0.244. The third kappa shape index (κ3) is 4.29. The Balaban J connectivity index is 1.63. The van der Waals surface area contributed by atoms with Crippen LogP contribution in [0.4, 0.5) is 0 Å². The van der Waals surface area contributed by atoms with Gasteiger partial charge in [-0.2, -0.15) is 4.98 Å². The Kier molecular flexibility index (Phi) is 5.99. The zero-order valence-corrected chi connectivity index (χ0v) is 17.6. The number of fused-ring (bicyclic) bond motifs is 1. The van der Waals surface area contributed by atoms with Crippen LogP contribution in [0.25, 0.3) is 22.3 Å². The van der Waals surface area contributed by atoms with Crippen molar-refractivity contribution >= 4 is 28.6 Å². The first kappa shape index (κ1) is 20.6. The van der Waals surface area contributed by atoms with Crippen molar-refractivity contribution in [3.8, 4) is 17.1 Å². The first-order valence-electron chi connectivity index (χ1n) is 9.26. The smallest absolute Gasteiger partial charge is 0.325 e. The third-order valence-electron chi connectivity index (χ3n) is 4.48. The van der Waals surface area contributed by atoms with Crippen molar-refractivity contribution in [2.45, 2.75) is 17.5 Å². The maximum atomic E-state index is 12.9. The fraction of sp³-hybridized carbons (Fsp3) is 0.190. The molecule has 0 aliphatic rings. The van der Waals surface area contributed by atoms with Crippen LogP contribution in [0.15, 0.2) is 63.0 Å². The standard InChI is InChI=1S/C21H18N4O5S/c1-28-16-10-6-4-8-14(16)19-23-17(30-24-19)12-31-21-22-15-9-5-3-7-13(15)20(27)25(21)11-18(26)29-2/h3-10H,11-12H2,1-2H3. The summed E-state index contributed by atoms with van der Waals surface area (Å²) in [6, 6.07) is 14.3. The minimum absolute atomic E-state index is 0.244. The van der Waals surface area contributed by atoms with Crippen LogP contribution < -0.4 is 10.3 Å². The maximum Gasteiger partial charge on any atom is 0.325 e. The van der Waals surface area contributed by atoms with E-state index in [1.807, 2.05) is 24.3 Å². The first-order chi connectivity index (χ1) is 15.1. The van der Waals surface area contributed by atoms with Gasteiger partial charge in [-0.15, -0.1) is 0 Å². The molecule has 0 aliphatic carbocycles. The van der Waals surface area contributed by atoms with Gasteiger partial charge in [0.05, 0.1) is 36.4 Å². The topological polar surface area (TPSA) is 109 Å². The minimum Gasteiger partial charge on any atom is -0.496 e. The predicted octanol–water partition coefficient (Wildman–Crippen LogP) is 2.92. The van der Waals surface area contributed by atoms with Crippen LogP contribution in [-0.2, 0) is 21.8 Å². The summed E-state index contributed by atoms with van der Waals surface area (Å²) in [4.78, 5) is 33.7. The van der Waals surface area contributed by atoms with E-state index in [2.05, 4.69) is 15.1 Å². The number of esters is 1. The Hall–Kier alpha value is -3.66. The van der Waals surface area contributed by atoms with Crippen LogP contribution in [-0.4, -0.2) is 39.9 Å². The van der Waals surface area contributed by atoms with E-state index in [1.54, 1.807) is 31.4 Å². The highest BCUT2D eigenvalue weighted by atomic mass is 32.2. The van der Waals surface area contributed by atoms with E-state index in [-0.39, 0.29) is 17.9 Å². The van der Waals surface area contributed by atoms with Crippen LogP contribution in [0.2, 0.25) is 0 Å². The van der Waals surface area contributed by atoms with E-state index in [4.69, 9.17) is 14.0 Å². The van der Waals surface area contributed by atoms with E-state index in [1.165, 1.54) is 23.4 Å². The molecule has 9 nitrogen and oxygen atoms in total. The van der Waals surface area contributed by atoms with Crippen molar-refractivity contribution in [3.05, 3.63) is 64.8 Å². The van der Waals surface area contributed by atoms with Crippen LogP contribution in [0.5, 0.6) is 5.75 Å². The van der Waals surface area contributed by atoms with E-state index >= 15 is 0 Å². The number of nitrogens with zero attached hydrogens (tertiary/aromatic N) is 4. The fourth-order valence-corrected chi connectivity index (χ4v) is 3.81. The molecule has 0 saturated heterocycles. The van der Waals surface area contributed by atoms with Gasteiger partial charge >= 0.3 is 5.97 Å². The quantitative estimate of drug-likeness (QED) is 0.244. The normalized spacial score (nSPS) is 10.9. The van der Waals surface area contributed by atoms with Gasteiger partial charge < -0.3 is 14.0 Å². The Labute approximate surface area is 181 Å². The number of para-hydroxylation sites is 2. The molecule has 0 saturated carbocycles. The molecule has 31 heavy (non-hydrogen) atoms. The first-order valence-corrected chi connectivity index (χ1v) is 10.2. The molecule has 0 spiro atoms. The molecule has 0 bridgehead atoms. The number of hydrogen-bond acceptors (Lipinski definition) is 9. The highest BCUT2D eigenvalue weighted by Gasteiger charge is 2.17. The molecule has 0 atom stereocenters. The van der Waals surface area contributed by atoms with E-state index < -0.39 is 5.97 Å². The molecule has 2 aromatic carbocycles. The van der Waals surface area contributed by atoms with E-state index in [0.717, 1.165) is 0 Å². The van der Waals surface area contributed by atoms with Gasteiger partial charge in [-0.25, -0.2) is 4.98 Å². The average Bonchev–Trinajstić information content (AvgIpc) is 3.28. The van der Waals surface area contributed by atoms with Gasteiger partial charge in [-0.05, 0) is 24.3 Å². The molecular formula is C21H18N4O5S. The lowest BCUT2D eigenvalue weighted by Crippen LogP contribution is -2.27. The molecule has 4 rings (SSSR count). The molecule has 10 heteroatoms. The van der Waals surface area contributed by atoms with Crippen molar-refractivity contribution in [1.29, 1.82) is 0 Å². The second-order valence-electron chi connectivity index (χ2n) is 6.38. The van der Waals surface area contributed by atoms with Crippen molar-refractivity contribution in [2.75, 3.05) is 14.2 Å². The molecule has 0 amide bonds. The largest absolute Gasteiger partial charge is 0.496 e. The second-order valence-corrected chi connectivity index (χ2v) is 7.32. The Bertz CT molecular complexity index is 1300. The summed E-state index contributed by atoms with van der Waals surface area (Å²) in [7, 11) is 2.84. The van der Waals surface area contributed by atoms with Gasteiger partial charge in [0, 0.05) is 0 Å². The van der Waals surface area contributed by atoms with E-state index in [0.29, 0.717) is 39.1 Å². The lowest BCUT2D eigenvalue weighted by atomic mass is 10.2. The number of carbonyl (C=O) groups is 1. The molecular weight excluding hydrogens is 420 g/mol. The van der Waals surface area contributed by atoms with Gasteiger partial charge in [0.25, 0.3) is 5.56 Å². The van der Waals surface area contributed by atoms with Gasteiger partial charge in [-0.1, -0.05) is 41.2 Å². The molecule has 2 aromatic heterocycles. The highest BCUT2D eigenvalue weighted by molar-refractivity contribution is 7.98. The Morgan fingerprint density at radius 3 is 2.68 bits per heavy atom. The molecule has 0 radical (unpaired) electrons. The lowest BCUT2D eigenvalue weighted by Gasteiger charge is -2.11. The van der Waals surface area contributed by atoms with Gasteiger partial charge in [-0.3, -0.25) is 14.2 Å².